The Hall–Kier alpha value is -1.69. The van der Waals surface area contributed by atoms with Crippen LogP contribution in [0.4, 0.5) is 5.82 Å². The van der Waals surface area contributed by atoms with Crippen molar-refractivity contribution in [3.05, 3.63) is 27.9 Å². The van der Waals surface area contributed by atoms with E-state index in [0.717, 1.165) is 5.01 Å². The zero-order chi connectivity index (χ0) is 10.8. The highest BCUT2D eigenvalue weighted by molar-refractivity contribution is 7.09. The molecule has 0 atom stereocenters. The highest BCUT2D eigenvalue weighted by atomic mass is 32.1. The van der Waals surface area contributed by atoms with E-state index in [9.17, 15) is 4.79 Å². The molecule has 2 heterocycles. The van der Waals surface area contributed by atoms with Crippen LogP contribution in [-0.2, 0) is 0 Å². The Morgan fingerprint density at radius 1 is 1.53 bits per heavy atom. The molecule has 0 aliphatic heterocycles. The van der Waals surface area contributed by atoms with Gasteiger partial charge in [-0.15, -0.1) is 11.3 Å². The molecule has 0 aliphatic carbocycles. The molecule has 2 aromatic heterocycles. The number of carbonyl (C=O) groups is 1. The summed E-state index contributed by atoms with van der Waals surface area (Å²) in [6, 6.07) is 1.65. The zero-order valence-corrected chi connectivity index (χ0v) is 9.09. The lowest BCUT2D eigenvalue weighted by molar-refractivity contribution is 0.102. The second-order valence-corrected chi connectivity index (χ2v) is 4.09. The number of carbonyl (C=O) groups excluding carboxylic acids is 1. The molecule has 0 saturated heterocycles. The predicted molar refractivity (Wildman–Crippen MR) is 56.0 cm³/mol. The van der Waals surface area contributed by atoms with Crippen molar-refractivity contribution >= 4 is 23.1 Å². The molecule has 0 fully saturated rings. The van der Waals surface area contributed by atoms with Gasteiger partial charge in [-0.25, -0.2) is 4.98 Å². The molecule has 5 nitrogen and oxygen atoms in total. The van der Waals surface area contributed by atoms with Gasteiger partial charge in [0.05, 0.1) is 5.01 Å². The Balaban J connectivity index is 2.10. The van der Waals surface area contributed by atoms with Crippen LogP contribution in [0.15, 0.2) is 16.0 Å². The Kier molecular flexibility index (Phi) is 2.51. The third kappa shape index (κ3) is 2.21. The van der Waals surface area contributed by atoms with Crippen LogP contribution in [0, 0.1) is 13.8 Å². The van der Waals surface area contributed by atoms with Crippen molar-refractivity contribution < 1.29 is 9.32 Å². The minimum Gasteiger partial charge on any atom is -0.360 e. The molecule has 1 N–H and O–H groups in total. The van der Waals surface area contributed by atoms with Gasteiger partial charge < -0.3 is 9.84 Å². The molecule has 0 unspecified atom stereocenters. The van der Waals surface area contributed by atoms with Crippen LogP contribution in [0.1, 0.15) is 21.3 Å². The minimum absolute atomic E-state index is 0.271. The molecule has 1 amide bonds. The number of amides is 1. The third-order valence-corrected chi connectivity index (χ3v) is 2.49. The standard InChI is InChI=1S/C9H9N3O2S/c1-5-3-8(12-14-5)11-9(13)7-4-15-6(2)10-7/h3-4H,1-2H3,(H,11,12,13). The van der Waals surface area contributed by atoms with E-state index in [1.54, 1.807) is 18.4 Å². The van der Waals surface area contributed by atoms with Gasteiger partial charge in [-0.2, -0.15) is 0 Å². The maximum absolute atomic E-state index is 11.6. The lowest BCUT2D eigenvalue weighted by Crippen LogP contribution is -2.12. The quantitative estimate of drug-likeness (QED) is 0.845. The maximum atomic E-state index is 11.6. The predicted octanol–water partition coefficient (Wildman–Crippen LogP) is 2.00. The SMILES string of the molecule is Cc1cc(NC(=O)c2csc(C)n2)no1. The van der Waals surface area contributed by atoms with E-state index in [1.165, 1.54) is 11.3 Å². The summed E-state index contributed by atoms with van der Waals surface area (Å²) >= 11 is 1.43. The maximum Gasteiger partial charge on any atom is 0.276 e. The second-order valence-electron chi connectivity index (χ2n) is 3.03. The molecular weight excluding hydrogens is 214 g/mol. The first-order chi connectivity index (χ1) is 7.15. The third-order valence-electron chi connectivity index (χ3n) is 1.72. The Morgan fingerprint density at radius 2 is 2.33 bits per heavy atom. The highest BCUT2D eigenvalue weighted by Gasteiger charge is 2.11. The summed E-state index contributed by atoms with van der Waals surface area (Å²) < 4.78 is 4.82. The fourth-order valence-corrected chi connectivity index (χ4v) is 1.67. The number of anilines is 1. The largest absolute Gasteiger partial charge is 0.360 e. The second kappa shape index (κ2) is 3.82. The van der Waals surface area contributed by atoms with E-state index in [4.69, 9.17) is 4.52 Å². The van der Waals surface area contributed by atoms with Gasteiger partial charge in [0, 0.05) is 11.4 Å². The average molecular weight is 223 g/mol. The summed E-state index contributed by atoms with van der Waals surface area (Å²) in [6.45, 7) is 3.61. The number of rotatable bonds is 2. The molecule has 0 spiro atoms. The molecule has 6 heteroatoms. The fourth-order valence-electron chi connectivity index (χ4n) is 1.07. The topological polar surface area (TPSA) is 68.0 Å². The van der Waals surface area contributed by atoms with E-state index >= 15 is 0 Å². The minimum atomic E-state index is -0.271. The Morgan fingerprint density at radius 3 is 2.87 bits per heavy atom. The van der Waals surface area contributed by atoms with Crippen LogP contribution in [0.3, 0.4) is 0 Å². The van der Waals surface area contributed by atoms with Crippen molar-refractivity contribution in [1.82, 2.24) is 10.1 Å². The van der Waals surface area contributed by atoms with Crippen molar-refractivity contribution in [3.63, 3.8) is 0 Å². The highest BCUT2D eigenvalue weighted by Crippen LogP contribution is 2.11. The Labute approximate surface area is 90.1 Å². The van der Waals surface area contributed by atoms with Gasteiger partial charge in [0.1, 0.15) is 11.5 Å². The lowest BCUT2D eigenvalue weighted by atomic mass is 10.4. The number of aryl methyl sites for hydroxylation is 2. The van der Waals surface area contributed by atoms with Gasteiger partial charge in [-0.3, -0.25) is 4.79 Å². The van der Waals surface area contributed by atoms with Crippen LogP contribution in [-0.4, -0.2) is 16.0 Å². The van der Waals surface area contributed by atoms with Crippen LogP contribution >= 0.6 is 11.3 Å². The Bertz CT molecular complexity index is 489. The van der Waals surface area contributed by atoms with E-state index in [1.807, 2.05) is 6.92 Å². The van der Waals surface area contributed by atoms with Gasteiger partial charge in [0.2, 0.25) is 0 Å². The van der Waals surface area contributed by atoms with E-state index in [-0.39, 0.29) is 5.91 Å². The molecule has 15 heavy (non-hydrogen) atoms. The number of nitrogens with one attached hydrogen (secondary N) is 1. The zero-order valence-electron chi connectivity index (χ0n) is 8.27. The summed E-state index contributed by atoms with van der Waals surface area (Å²) in [7, 11) is 0. The first kappa shape index (κ1) is 9.85. The van der Waals surface area contributed by atoms with Crippen molar-refractivity contribution in [2.75, 3.05) is 5.32 Å². The average Bonchev–Trinajstić information content (AvgIpc) is 2.75. The molecule has 0 bridgehead atoms. The van der Waals surface area contributed by atoms with Gasteiger partial charge in [-0.1, -0.05) is 5.16 Å². The van der Waals surface area contributed by atoms with Crippen LogP contribution in [0.25, 0.3) is 0 Å². The van der Waals surface area contributed by atoms with Crippen molar-refractivity contribution in [3.8, 4) is 0 Å². The summed E-state index contributed by atoms with van der Waals surface area (Å²) in [5, 5.41) is 8.81. The van der Waals surface area contributed by atoms with Gasteiger partial charge in [-0.05, 0) is 13.8 Å². The van der Waals surface area contributed by atoms with E-state index in [0.29, 0.717) is 17.3 Å². The van der Waals surface area contributed by atoms with E-state index < -0.39 is 0 Å². The fraction of sp³-hybridized carbons (Fsp3) is 0.222. The summed E-state index contributed by atoms with van der Waals surface area (Å²) in [4.78, 5) is 15.6. The molecule has 0 radical (unpaired) electrons. The van der Waals surface area contributed by atoms with Gasteiger partial charge >= 0.3 is 0 Å². The molecule has 78 valence electrons. The molecular formula is C9H9N3O2S. The van der Waals surface area contributed by atoms with Crippen molar-refractivity contribution in [2.45, 2.75) is 13.8 Å². The number of hydrogen-bond donors (Lipinski definition) is 1. The normalized spacial score (nSPS) is 10.3. The van der Waals surface area contributed by atoms with Crippen LogP contribution < -0.4 is 5.32 Å². The van der Waals surface area contributed by atoms with Crippen LogP contribution in [0.2, 0.25) is 0 Å². The molecule has 0 aromatic carbocycles. The van der Waals surface area contributed by atoms with Crippen molar-refractivity contribution in [2.24, 2.45) is 0 Å². The number of thiazole rings is 1. The number of nitrogens with zero attached hydrogens (tertiary/aromatic N) is 2. The van der Waals surface area contributed by atoms with Crippen molar-refractivity contribution in [1.29, 1.82) is 0 Å². The lowest BCUT2D eigenvalue weighted by Gasteiger charge is -1.95. The smallest absolute Gasteiger partial charge is 0.276 e. The monoisotopic (exact) mass is 223 g/mol. The molecule has 2 rings (SSSR count). The summed E-state index contributed by atoms with van der Waals surface area (Å²) in [5.41, 5.74) is 0.401. The van der Waals surface area contributed by atoms with Gasteiger partial charge in [0.15, 0.2) is 5.82 Å². The first-order valence-electron chi connectivity index (χ1n) is 4.32. The summed E-state index contributed by atoms with van der Waals surface area (Å²) in [6.07, 6.45) is 0. The molecule has 0 saturated carbocycles. The number of hydrogen-bond acceptors (Lipinski definition) is 5. The van der Waals surface area contributed by atoms with Gasteiger partial charge in [0.25, 0.3) is 5.91 Å². The molecule has 0 aliphatic rings. The summed E-state index contributed by atoms with van der Waals surface area (Å²) in [5.74, 6) is 0.788. The number of aromatic nitrogens is 2. The van der Waals surface area contributed by atoms with E-state index in [2.05, 4.69) is 15.5 Å². The van der Waals surface area contributed by atoms with Crippen LogP contribution in [0.5, 0.6) is 0 Å². The first-order valence-corrected chi connectivity index (χ1v) is 5.20. The molecule has 2 aromatic rings.